The van der Waals surface area contributed by atoms with E-state index in [9.17, 15) is 9.59 Å². The van der Waals surface area contributed by atoms with Gasteiger partial charge in [0.05, 0.1) is 0 Å². The van der Waals surface area contributed by atoms with Gasteiger partial charge < -0.3 is 10.6 Å². The predicted molar refractivity (Wildman–Crippen MR) is 97.1 cm³/mol. The number of hydrogen-bond acceptors (Lipinski definition) is 3. The molecule has 2 rings (SSSR count). The molecule has 24 heavy (non-hydrogen) atoms. The number of carbonyl (C=O) groups excluding carboxylic acids is 2. The van der Waals surface area contributed by atoms with Crippen LogP contribution in [0.25, 0.3) is 0 Å². The molecule has 0 aromatic heterocycles. The molecule has 0 radical (unpaired) electrons. The second kappa shape index (κ2) is 8.29. The van der Waals surface area contributed by atoms with Crippen LogP contribution in [0.2, 0.25) is 0 Å². The molecule has 0 saturated heterocycles. The number of nitrogens with one attached hydrogen (secondary N) is 2. The smallest absolute Gasteiger partial charge is 0.251 e. The van der Waals surface area contributed by atoms with Crippen LogP contribution in [0, 0.1) is 5.92 Å². The molecule has 1 aliphatic carbocycles. The van der Waals surface area contributed by atoms with Crippen LogP contribution in [0.1, 0.15) is 50.9 Å². The third-order valence-corrected chi connectivity index (χ3v) is 4.34. The van der Waals surface area contributed by atoms with Crippen molar-refractivity contribution in [3.05, 3.63) is 29.8 Å². The van der Waals surface area contributed by atoms with Crippen molar-refractivity contribution in [3.8, 4) is 0 Å². The second-order valence-corrected chi connectivity index (χ2v) is 7.02. The summed E-state index contributed by atoms with van der Waals surface area (Å²) >= 11 is 0. The first-order chi connectivity index (χ1) is 11.4. The first kappa shape index (κ1) is 18.5. The van der Waals surface area contributed by atoms with E-state index in [4.69, 9.17) is 0 Å². The van der Waals surface area contributed by atoms with E-state index in [1.807, 2.05) is 0 Å². The lowest BCUT2D eigenvalue weighted by Crippen LogP contribution is -2.42. The van der Waals surface area contributed by atoms with Gasteiger partial charge in [-0.1, -0.05) is 0 Å². The summed E-state index contributed by atoms with van der Waals surface area (Å²) in [5.74, 6) is 0.176. The molecule has 1 aromatic rings. The summed E-state index contributed by atoms with van der Waals surface area (Å²) in [6.45, 7) is 10.1. The van der Waals surface area contributed by atoms with Gasteiger partial charge in [-0.25, -0.2) is 0 Å². The standard InChI is InChI=1S/C19H29N3O2/c1-13(2)22(14(3)4)12-11-20-18(23)15-7-9-17(10-8-15)21-19(24)16-5-6-16/h7-10,13-14,16H,5-6,11-12H2,1-4H3,(H,20,23)(H,21,24). The average molecular weight is 331 g/mol. The van der Waals surface area contributed by atoms with E-state index in [0.29, 0.717) is 24.2 Å². The molecule has 2 N–H and O–H groups in total. The molecule has 132 valence electrons. The van der Waals surface area contributed by atoms with E-state index < -0.39 is 0 Å². The molecule has 0 aliphatic heterocycles. The maximum Gasteiger partial charge on any atom is 0.251 e. The Balaban J connectivity index is 1.80. The second-order valence-electron chi connectivity index (χ2n) is 7.02. The van der Waals surface area contributed by atoms with E-state index in [1.165, 1.54) is 0 Å². The fraction of sp³-hybridized carbons (Fsp3) is 0.579. The average Bonchev–Trinajstić information content (AvgIpc) is 3.36. The van der Waals surface area contributed by atoms with Crippen LogP contribution in [-0.4, -0.2) is 41.9 Å². The number of anilines is 1. The molecule has 1 aromatic carbocycles. The number of rotatable bonds is 8. The highest BCUT2D eigenvalue weighted by Gasteiger charge is 2.29. The summed E-state index contributed by atoms with van der Waals surface area (Å²) in [6, 6.07) is 7.97. The Bertz CT molecular complexity index is 554. The van der Waals surface area contributed by atoms with E-state index >= 15 is 0 Å². The highest BCUT2D eigenvalue weighted by molar-refractivity contribution is 5.96. The highest BCUT2D eigenvalue weighted by Crippen LogP contribution is 2.30. The molecule has 0 bridgehead atoms. The van der Waals surface area contributed by atoms with Gasteiger partial charge in [0.2, 0.25) is 5.91 Å². The summed E-state index contributed by atoms with van der Waals surface area (Å²) in [5, 5.41) is 5.84. The van der Waals surface area contributed by atoms with Crippen LogP contribution in [-0.2, 0) is 4.79 Å². The number of carbonyl (C=O) groups is 2. The molecule has 0 unspecified atom stereocenters. The summed E-state index contributed by atoms with van der Waals surface area (Å²) in [7, 11) is 0. The van der Waals surface area contributed by atoms with E-state index in [1.54, 1.807) is 24.3 Å². The Morgan fingerprint density at radius 2 is 1.67 bits per heavy atom. The molecule has 5 heteroatoms. The van der Waals surface area contributed by atoms with Gasteiger partial charge in [0.15, 0.2) is 0 Å². The van der Waals surface area contributed by atoms with Crippen LogP contribution < -0.4 is 10.6 Å². The minimum atomic E-state index is -0.0810. The Hall–Kier alpha value is -1.88. The van der Waals surface area contributed by atoms with Crippen molar-refractivity contribution in [2.75, 3.05) is 18.4 Å². The fourth-order valence-corrected chi connectivity index (χ4v) is 2.81. The molecule has 1 fully saturated rings. The zero-order valence-electron chi connectivity index (χ0n) is 15.1. The number of amides is 2. The van der Waals surface area contributed by atoms with Gasteiger partial charge in [-0.05, 0) is 64.8 Å². The normalized spacial score (nSPS) is 14.3. The zero-order chi connectivity index (χ0) is 17.7. The Kier molecular flexibility index (Phi) is 6.37. The molecule has 5 nitrogen and oxygen atoms in total. The van der Waals surface area contributed by atoms with Crippen LogP contribution in [0.3, 0.4) is 0 Å². The lowest BCUT2D eigenvalue weighted by atomic mass is 10.2. The summed E-state index contributed by atoms with van der Waals surface area (Å²) in [5.41, 5.74) is 1.36. The molecular formula is C19H29N3O2. The maximum atomic E-state index is 12.2. The van der Waals surface area contributed by atoms with Gasteiger partial charge in [-0.3, -0.25) is 14.5 Å². The van der Waals surface area contributed by atoms with Crippen molar-refractivity contribution in [2.24, 2.45) is 5.92 Å². The van der Waals surface area contributed by atoms with Gasteiger partial charge in [0, 0.05) is 42.3 Å². The number of nitrogens with zero attached hydrogens (tertiary/aromatic N) is 1. The van der Waals surface area contributed by atoms with Crippen molar-refractivity contribution >= 4 is 17.5 Å². The third-order valence-electron chi connectivity index (χ3n) is 4.34. The van der Waals surface area contributed by atoms with Gasteiger partial charge in [-0.2, -0.15) is 0 Å². The lowest BCUT2D eigenvalue weighted by molar-refractivity contribution is -0.117. The van der Waals surface area contributed by atoms with Crippen molar-refractivity contribution in [1.82, 2.24) is 10.2 Å². The number of hydrogen-bond donors (Lipinski definition) is 2. The van der Waals surface area contributed by atoms with Crippen molar-refractivity contribution in [3.63, 3.8) is 0 Å². The lowest BCUT2D eigenvalue weighted by Gasteiger charge is -2.30. The van der Waals surface area contributed by atoms with E-state index in [-0.39, 0.29) is 17.7 Å². The molecular weight excluding hydrogens is 302 g/mol. The Morgan fingerprint density at radius 3 is 2.17 bits per heavy atom. The minimum absolute atomic E-state index is 0.0784. The third kappa shape index (κ3) is 5.34. The van der Waals surface area contributed by atoms with Crippen molar-refractivity contribution < 1.29 is 9.59 Å². The molecule has 1 aliphatic rings. The van der Waals surface area contributed by atoms with Crippen molar-refractivity contribution in [1.29, 1.82) is 0 Å². The first-order valence-electron chi connectivity index (χ1n) is 8.83. The van der Waals surface area contributed by atoms with Gasteiger partial charge >= 0.3 is 0 Å². The molecule has 1 saturated carbocycles. The first-order valence-corrected chi connectivity index (χ1v) is 8.83. The van der Waals surface area contributed by atoms with Crippen LogP contribution in [0.4, 0.5) is 5.69 Å². The SMILES string of the molecule is CC(C)N(CCNC(=O)c1ccc(NC(=O)C2CC2)cc1)C(C)C. The predicted octanol–water partition coefficient (Wildman–Crippen LogP) is 2.88. The Morgan fingerprint density at radius 1 is 1.08 bits per heavy atom. The molecule has 2 amide bonds. The van der Waals surface area contributed by atoms with Gasteiger partial charge in [0.25, 0.3) is 5.91 Å². The molecule has 0 spiro atoms. The zero-order valence-corrected chi connectivity index (χ0v) is 15.1. The van der Waals surface area contributed by atoms with E-state index in [2.05, 4.69) is 43.2 Å². The van der Waals surface area contributed by atoms with E-state index in [0.717, 1.165) is 25.1 Å². The largest absolute Gasteiger partial charge is 0.351 e. The quantitative estimate of drug-likeness (QED) is 0.770. The van der Waals surface area contributed by atoms with Gasteiger partial charge in [0.1, 0.15) is 0 Å². The van der Waals surface area contributed by atoms with Crippen LogP contribution in [0.5, 0.6) is 0 Å². The summed E-state index contributed by atoms with van der Waals surface area (Å²) in [6.07, 6.45) is 1.96. The maximum absolute atomic E-state index is 12.2. The Labute approximate surface area is 144 Å². The topological polar surface area (TPSA) is 61.4 Å². The van der Waals surface area contributed by atoms with Crippen molar-refractivity contribution in [2.45, 2.75) is 52.6 Å². The molecule has 0 atom stereocenters. The van der Waals surface area contributed by atoms with Gasteiger partial charge in [-0.15, -0.1) is 0 Å². The van der Waals surface area contributed by atoms with Crippen LogP contribution >= 0.6 is 0 Å². The highest BCUT2D eigenvalue weighted by atomic mass is 16.2. The van der Waals surface area contributed by atoms with Crippen LogP contribution in [0.15, 0.2) is 24.3 Å². The monoisotopic (exact) mass is 331 g/mol. The number of benzene rings is 1. The fourth-order valence-electron chi connectivity index (χ4n) is 2.81. The summed E-state index contributed by atoms with van der Waals surface area (Å²) < 4.78 is 0. The summed E-state index contributed by atoms with van der Waals surface area (Å²) in [4.78, 5) is 26.3. The molecule has 0 heterocycles. The minimum Gasteiger partial charge on any atom is -0.351 e.